The van der Waals surface area contributed by atoms with Gasteiger partial charge in [0.1, 0.15) is 0 Å². The Labute approximate surface area is 200 Å². The number of nitrogens with one attached hydrogen (secondary N) is 1. The lowest BCUT2D eigenvalue weighted by Crippen LogP contribution is -2.60. The van der Waals surface area contributed by atoms with Crippen molar-refractivity contribution in [1.29, 1.82) is 0 Å². The van der Waals surface area contributed by atoms with E-state index in [-0.39, 0.29) is 36.5 Å². The third kappa shape index (κ3) is 4.03. The molecule has 5 fully saturated rings. The van der Waals surface area contributed by atoms with Crippen molar-refractivity contribution in [3.8, 4) is 0 Å². The average Bonchev–Trinajstić information content (AvgIpc) is 2.80. The summed E-state index contributed by atoms with van der Waals surface area (Å²) in [5.41, 5.74) is -1.41. The van der Waals surface area contributed by atoms with Crippen LogP contribution < -0.4 is 5.32 Å². The fraction of sp³-hybridized carbons (Fsp3) is 0.708. The van der Waals surface area contributed by atoms with Gasteiger partial charge in [-0.25, -0.2) is 8.42 Å². The van der Waals surface area contributed by atoms with E-state index in [0.29, 0.717) is 11.8 Å². The van der Waals surface area contributed by atoms with E-state index < -0.39 is 32.2 Å². The van der Waals surface area contributed by atoms with Gasteiger partial charge in [-0.05, 0) is 75.7 Å². The Balaban J connectivity index is 1.31. The maximum Gasteiger partial charge on any atom is 0.289 e. The first kappa shape index (κ1) is 23.7. The molecule has 186 valence electrons. The Morgan fingerprint density at radius 2 is 1.74 bits per heavy atom. The first-order valence-corrected chi connectivity index (χ1v) is 13.7. The molecule has 1 aliphatic heterocycles. The number of ether oxygens (including phenoxy) is 1. The minimum Gasteiger partial charge on any atom is -0.374 e. The quantitative estimate of drug-likeness (QED) is 0.483. The highest BCUT2D eigenvalue weighted by Gasteiger charge is 2.51. The van der Waals surface area contributed by atoms with Crippen LogP contribution in [0.1, 0.15) is 46.0 Å². The Hall–Kier alpha value is -2.04. The lowest BCUT2D eigenvalue weighted by Gasteiger charge is -2.55. The van der Waals surface area contributed by atoms with Crippen LogP contribution in [-0.2, 0) is 19.6 Å². The van der Waals surface area contributed by atoms with Crippen LogP contribution in [0.2, 0.25) is 0 Å². The van der Waals surface area contributed by atoms with Crippen molar-refractivity contribution < 1.29 is 22.9 Å². The number of carbonyl (C=O) groups is 1. The third-order valence-electron chi connectivity index (χ3n) is 8.62. The van der Waals surface area contributed by atoms with Gasteiger partial charge in [-0.1, -0.05) is 12.1 Å². The molecular formula is C24H33N3O6S. The van der Waals surface area contributed by atoms with Crippen LogP contribution >= 0.6 is 0 Å². The molecule has 0 spiro atoms. The highest BCUT2D eigenvalue weighted by molar-refractivity contribution is 7.89. The summed E-state index contributed by atoms with van der Waals surface area (Å²) >= 11 is 0. The molecule has 1 N–H and O–H groups in total. The Morgan fingerprint density at radius 1 is 1.12 bits per heavy atom. The number of morpholine rings is 1. The van der Waals surface area contributed by atoms with Gasteiger partial charge in [0.15, 0.2) is 4.90 Å². The highest BCUT2D eigenvalue weighted by Crippen LogP contribution is 2.53. The van der Waals surface area contributed by atoms with Gasteiger partial charge in [0.05, 0.1) is 23.0 Å². The molecular weight excluding hydrogens is 458 g/mol. The zero-order valence-electron chi connectivity index (χ0n) is 19.7. The summed E-state index contributed by atoms with van der Waals surface area (Å²) in [5.74, 6) is 2.59. The summed E-state index contributed by atoms with van der Waals surface area (Å²) in [4.78, 5) is 23.9. The maximum absolute atomic E-state index is 13.5. The van der Waals surface area contributed by atoms with Gasteiger partial charge in [-0.2, -0.15) is 4.31 Å². The van der Waals surface area contributed by atoms with Crippen molar-refractivity contribution >= 4 is 21.6 Å². The van der Waals surface area contributed by atoms with Crippen molar-refractivity contribution in [3.05, 3.63) is 34.4 Å². The molecule has 4 bridgehead atoms. The molecule has 5 aliphatic rings. The summed E-state index contributed by atoms with van der Waals surface area (Å²) < 4.78 is 33.7. The normalized spacial score (nSPS) is 33.6. The number of hydrogen-bond donors (Lipinski definition) is 1. The van der Waals surface area contributed by atoms with Crippen LogP contribution in [0.4, 0.5) is 5.69 Å². The van der Waals surface area contributed by atoms with E-state index in [0.717, 1.165) is 11.8 Å². The smallest absolute Gasteiger partial charge is 0.289 e. The van der Waals surface area contributed by atoms with E-state index in [2.05, 4.69) is 5.32 Å². The second kappa shape index (κ2) is 8.57. The van der Waals surface area contributed by atoms with Gasteiger partial charge < -0.3 is 10.1 Å². The summed E-state index contributed by atoms with van der Waals surface area (Å²) in [7, 11) is -4.12. The van der Waals surface area contributed by atoms with Gasteiger partial charge >= 0.3 is 0 Å². The summed E-state index contributed by atoms with van der Waals surface area (Å²) in [6.45, 7) is 3.77. The summed E-state index contributed by atoms with van der Waals surface area (Å²) in [5, 5.41) is 14.7. The van der Waals surface area contributed by atoms with Crippen LogP contribution in [0.15, 0.2) is 29.2 Å². The molecule has 10 heteroatoms. The molecule has 34 heavy (non-hydrogen) atoms. The fourth-order valence-electron chi connectivity index (χ4n) is 6.89. The molecule has 1 saturated heterocycles. The first-order chi connectivity index (χ1) is 16.1. The monoisotopic (exact) mass is 491 g/mol. The highest BCUT2D eigenvalue weighted by atomic mass is 32.2. The van der Waals surface area contributed by atoms with E-state index in [1.165, 1.54) is 60.7 Å². The number of sulfonamides is 1. The molecule has 0 radical (unpaired) electrons. The van der Waals surface area contributed by atoms with Gasteiger partial charge in [0.25, 0.3) is 5.69 Å². The lowest BCUT2D eigenvalue weighted by atomic mass is 9.54. The number of amides is 1. The number of carbonyl (C=O) groups excluding carboxylic acids is 1. The molecule has 4 aliphatic carbocycles. The Kier molecular flexibility index (Phi) is 5.97. The molecule has 1 heterocycles. The molecule has 1 unspecified atom stereocenters. The van der Waals surface area contributed by atoms with E-state index in [1.54, 1.807) is 13.8 Å². The van der Waals surface area contributed by atoms with Crippen LogP contribution in [0.3, 0.4) is 0 Å². The third-order valence-corrected chi connectivity index (χ3v) is 10.5. The minimum absolute atomic E-state index is 0.0313. The maximum atomic E-state index is 13.5. The number of benzene rings is 1. The Bertz CT molecular complexity index is 1060. The van der Waals surface area contributed by atoms with Crippen molar-refractivity contribution in [3.63, 3.8) is 0 Å². The van der Waals surface area contributed by atoms with Crippen molar-refractivity contribution in [1.82, 2.24) is 9.62 Å². The van der Waals surface area contributed by atoms with Crippen molar-refractivity contribution in [2.45, 2.75) is 63.0 Å². The van der Waals surface area contributed by atoms with Gasteiger partial charge in [-0.15, -0.1) is 0 Å². The fourth-order valence-corrected chi connectivity index (χ4v) is 8.47. The molecule has 9 nitrogen and oxygen atoms in total. The zero-order valence-corrected chi connectivity index (χ0v) is 20.5. The molecule has 6 rings (SSSR count). The number of nitrogens with zero attached hydrogens (tertiary/aromatic N) is 2. The zero-order chi connectivity index (χ0) is 24.3. The molecule has 4 saturated carbocycles. The number of rotatable bonds is 6. The van der Waals surface area contributed by atoms with E-state index in [9.17, 15) is 23.3 Å². The summed E-state index contributed by atoms with van der Waals surface area (Å²) in [6, 6.07) is 5.54. The summed E-state index contributed by atoms with van der Waals surface area (Å²) in [6.07, 6.45) is 5.47. The lowest BCUT2D eigenvalue weighted by molar-refractivity contribution is -0.387. The standard InChI is InChI=1S/C24H33N3O6S/c1-24(2,23(28)25-22-17-10-15-9-16(12-17)13-18(22)11-15)21-14-26(7-8-33-21)34(31,32)20-6-4-3-5-19(20)27(29)30/h3-6,15-18,21-22H,7-14H2,1-2H3,(H,25,28). The predicted octanol–water partition coefficient (Wildman–Crippen LogP) is 2.95. The number of hydrogen-bond acceptors (Lipinski definition) is 6. The van der Waals surface area contributed by atoms with Crippen LogP contribution in [-0.4, -0.2) is 55.4 Å². The van der Waals surface area contributed by atoms with Crippen LogP contribution in [0.25, 0.3) is 0 Å². The number of para-hydroxylation sites is 1. The predicted molar refractivity (Wildman–Crippen MR) is 124 cm³/mol. The van der Waals surface area contributed by atoms with Crippen LogP contribution in [0.5, 0.6) is 0 Å². The van der Waals surface area contributed by atoms with Crippen molar-refractivity contribution in [2.24, 2.45) is 29.1 Å². The average molecular weight is 492 g/mol. The van der Waals surface area contributed by atoms with Gasteiger partial charge in [0.2, 0.25) is 15.9 Å². The minimum atomic E-state index is -4.12. The van der Waals surface area contributed by atoms with E-state index >= 15 is 0 Å². The van der Waals surface area contributed by atoms with Gasteiger partial charge in [0, 0.05) is 25.2 Å². The molecule has 1 amide bonds. The number of nitro benzene ring substituents is 1. The molecule has 0 aromatic heterocycles. The second-order valence-electron chi connectivity index (χ2n) is 11.1. The van der Waals surface area contributed by atoms with Crippen molar-refractivity contribution in [2.75, 3.05) is 19.7 Å². The first-order valence-electron chi connectivity index (χ1n) is 12.2. The van der Waals surface area contributed by atoms with Crippen LogP contribution in [0, 0.1) is 39.2 Å². The molecule has 1 atom stereocenters. The SMILES string of the molecule is CC(C)(C(=O)NC1C2CC3CC(C2)CC1C3)C1CN(S(=O)(=O)c2ccccc2[N+](=O)[O-])CCO1. The van der Waals surface area contributed by atoms with E-state index in [4.69, 9.17) is 4.74 Å². The second-order valence-corrected chi connectivity index (χ2v) is 13.0. The topological polar surface area (TPSA) is 119 Å². The van der Waals surface area contributed by atoms with E-state index in [1.807, 2.05) is 0 Å². The largest absolute Gasteiger partial charge is 0.374 e. The number of nitro groups is 1. The van der Waals surface area contributed by atoms with Gasteiger partial charge in [-0.3, -0.25) is 14.9 Å². The molecule has 1 aromatic rings. The Morgan fingerprint density at radius 3 is 2.35 bits per heavy atom. The molecule has 1 aromatic carbocycles.